The second kappa shape index (κ2) is 9.16. The highest BCUT2D eigenvalue weighted by Gasteiger charge is 2.17. The first kappa shape index (κ1) is 20.8. The van der Waals surface area contributed by atoms with Crippen LogP contribution in [0.1, 0.15) is 59.5 Å². The minimum atomic E-state index is -0.568. The molecule has 0 radical (unpaired) electrons. The standard InChI is InChI=1S/C25H25NO5/c1-16(23-14-20-5-2-3-8-22(20)31-23)26-24(28)15-30-25(29)12-11-21(27)19-10-9-17-6-4-7-18(17)13-19/h2-3,5,8-10,13-14,16H,4,6-7,11-12,15H2,1H3,(H,26,28)/t16-/m0/s1. The maximum absolute atomic E-state index is 12.4. The molecule has 1 aliphatic carbocycles. The fourth-order valence-corrected chi connectivity index (χ4v) is 3.89. The smallest absolute Gasteiger partial charge is 0.306 e. The van der Waals surface area contributed by atoms with Crippen molar-refractivity contribution < 1.29 is 23.5 Å². The molecule has 1 atom stereocenters. The Morgan fingerprint density at radius 1 is 1.03 bits per heavy atom. The van der Waals surface area contributed by atoms with E-state index in [0.29, 0.717) is 11.3 Å². The van der Waals surface area contributed by atoms with Crippen LogP contribution >= 0.6 is 0 Å². The zero-order chi connectivity index (χ0) is 21.8. The molecule has 1 N–H and O–H groups in total. The number of ether oxygens (including phenoxy) is 1. The van der Waals surface area contributed by atoms with Gasteiger partial charge in [-0.05, 0) is 55.5 Å². The van der Waals surface area contributed by atoms with Crippen LogP contribution in [-0.2, 0) is 27.2 Å². The molecule has 4 rings (SSSR count). The van der Waals surface area contributed by atoms with Gasteiger partial charge in [0.2, 0.25) is 0 Å². The highest BCUT2D eigenvalue weighted by Crippen LogP contribution is 2.24. The van der Waals surface area contributed by atoms with E-state index >= 15 is 0 Å². The summed E-state index contributed by atoms with van der Waals surface area (Å²) in [6.07, 6.45) is 3.19. The average molecular weight is 419 g/mol. The van der Waals surface area contributed by atoms with Gasteiger partial charge in [0.25, 0.3) is 5.91 Å². The van der Waals surface area contributed by atoms with Crippen molar-refractivity contribution in [2.24, 2.45) is 0 Å². The zero-order valence-electron chi connectivity index (χ0n) is 17.5. The van der Waals surface area contributed by atoms with E-state index in [0.717, 1.165) is 30.2 Å². The number of hydrogen-bond acceptors (Lipinski definition) is 5. The summed E-state index contributed by atoms with van der Waals surface area (Å²) < 4.78 is 10.8. The van der Waals surface area contributed by atoms with E-state index in [-0.39, 0.29) is 24.7 Å². The number of carbonyl (C=O) groups is 3. The fourth-order valence-electron chi connectivity index (χ4n) is 3.89. The Hall–Kier alpha value is -3.41. The zero-order valence-corrected chi connectivity index (χ0v) is 17.5. The SMILES string of the molecule is C[C@H](NC(=O)COC(=O)CCC(=O)c1ccc2c(c1)CCC2)c1cc2ccccc2o1. The number of nitrogens with one attached hydrogen (secondary N) is 1. The predicted octanol–water partition coefficient (Wildman–Crippen LogP) is 4.31. The summed E-state index contributed by atoms with van der Waals surface area (Å²) in [5.41, 5.74) is 3.91. The molecule has 160 valence electrons. The van der Waals surface area contributed by atoms with E-state index in [2.05, 4.69) is 5.32 Å². The van der Waals surface area contributed by atoms with Gasteiger partial charge < -0.3 is 14.5 Å². The Morgan fingerprint density at radius 3 is 2.68 bits per heavy atom. The molecule has 6 heteroatoms. The summed E-state index contributed by atoms with van der Waals surface area (Å²) >= 11 is 0. The first-order chi connectivity index (χ1) is 15.0. The van der Waals surface area contributed by atoms with Crippen LogP contribution in [0.15, 0.2) is 52.9 Å². The van der Waals surface area contributed by atoms with Crippen molar-refractivity contribution in [2.45, 2.75) is 45.1 Å². The molecule has 2 aromatic carbocycles. The minimum Gasteiger partial charge on any atom is -0.459 e. The number of para-hydroxylation sites is 1. The normalized spacial score (nSPS) is 13.6. The monoisotopic (exact) mass is 419 g/mol. The lowest BCUT2D eigenvalue weighted by molar-refractivity contribution is -0.148. The number of rotatable bonds is 8. The lowest BCUT2D eigenvalue weighted by Crippen LogP contribution is -2.31. The highest BCUT2D eigenvalue weighted by molar-refractivity contribution is 5.98. The van der Waals surface area contributed by atoms with Gasteiger partial charge in [-0.25, -0.2) is 0 Å². The lowest BCUT2D eigenvalue weighted by atomic mass is 10.0. The van der Waals surface area contributed by atoms with Gasteiger partial charge >= 0.3 is 5.97 Å². The first-order valence-electron chi connectivity index (χ1n) is 10.6. The summed E-state index contributed by atoms with van der Waals surface area (Å²) in [7, 11) is 0. The van der Waals surface area contributed by atoms with Crippen LogP contribution in [0.25, 0.3) is 11.0 Å². The summed E-state index contributed by atoms with van der Waals surface area (Å²) in [5, 5.41) is 3.71. The second-order valence-electron chi connectivity index (χ2n) is 7.90. The van der Waals surface area contributed by atoms with E-state index in [1.807, 2.05) is 48.5 Å². The molecule has 0 saturated carbocycles. The van der Waals surface area contributed by atoms with Crippen LogP contribution in [0.2, 0.25) is 0 Å². The molecule has 1 aliphatic rings. The number of benzene rings is 2. The molecule has 0 fully saturated rings. The van der Waals surface area contributed by atoms with Gasteiger partial charge in [0.05, 0.1) is 12.5 Å². The lowest BCUT2D eigenvalue weighted by Gasteiger charge is -2.11. The number of ketones is 1. The third-order valence-electron chi connectivity index (χ3n) is 5.59. The fraction of sp³-hybridized carbons (Fsp3) is 0.320. The third-order valence-corrected chi connectivity index (χ3v) is 5.59. The number of hydrogen-bond donors (Lipinski definition) is 1. The maximum Gasteiger partial charge on any atom is 0.306 e. The summed E-state index contributed by atoms with van der Waals surface area (Å²) in [6.45, 7) is 1.41. The molecule has 3 aromatic rings. The summed E-state index contributed by atoms with van der Waals surface area (Å²) in [6, 6.07) is 14.9. The minimum absolute atomic E-state index is 0.0532. The molecule has 0 aliphatic heterocycles. The van der Waals surface area contributed by atoms with E-state index < -0.39 is 18.5 Å². The van der Waals surface area contributed by atoms with Gasteiger partial charge in [0, 0.05) is 17.4 Å². The van der Waals surface area contributed by atoms with Gasteiger partial charge in [-0.2, -0.15) is 0 Å². The molecule has 0 unspecified atom stereocenters. The Labute approximate surface area is 180 Å². The van der Waals surface area contributed by atoms with E-state index in [4.69, 9.17) is 9.15 Å². The Kier molecular flexibility index (Phi) is 6.16. The van der Waals surface area contributed by atoms with Crippen LogP contribution in [0.5, 0.6) is 0 Å². The molecule has 31 heavy (non-hydrogen) atoms. The molecule has 0 spiro atoms. The number of Topliss-reactive ketones (excluding diaryl/α,β-unsaturated/α-hetero) is 1. The predicted molar refractivity (Wildman–Crippen MR) is 116 cm³/mol. The summed E-state index contributed by atoms with van der Waals surface area (Å²) in [4.78, 5) is 36.5. The van der Waals surface area contributed by atoms with Gasteiger partial charge in [0.15, 0.2) is 12.4 Å². The molecule has 1 amide bonds. The molecule has 0 saturated heterocycles. The van der Waals surface area contributed by atoms with Gasteiger partial charge in [-0.1, -0.05) is 30.3 Å². The van der Waals surface area contributed by atoms with Crippen molar-refractivity contribution in [1.82, 2.24) is 5.32 Å². The molecular formula is C25H25NO5. The van der Waals surface area contributed by atoms with E-state index in [9.17, 15) is 14.4 Å². The van der Waals surface area contributed by atoms with Crippen molar-refractivity contribution in [3.05, 3.63) is 71.0 Å². The number of aryl methyl sites for hydroxylation is 2. The number of amides is 1. The quantitative estimate of drug-likeness (QED) is 0.434. The molecule has 1 aromatic heterocycles. The maximum atomic E-state index is 12.4. The van der Waals surface area contributed by atoms with Crippen molar-refractivity contribution in [3.8, 4) is 0 Å². The Morgan fingerprint density at radius 2 is 1.84 bits per heavy atom. The van der Waals surface area contributed by atoms with Crippen LogP contribution in [0.3, 0.4) is 0 Å². The van der Waals surface area contributed by atoms with Crippen molar-refractivity contribution in [3.63, 3.8) is 0 Å². The number of carbonyl (C=O) groups excluding carboxylic acids is 3. The highest BCUT2D eigenvalue weighted by atomic mass is 16.5. The van der Waals surface area contributed by atoms with Gasteiger partial charge in [-0.15, -0.1) is 0 Å². The second-order valence-corrected chi connectivity index (χ2v) is 7.90. The molecular weight excluding hydrogens is 394 g/mol. The van der Waals surface area contributed by atoms with Crippen LogP contribution in [0, 0.1) is 0 Å². The molecule has 0 bridgehead atoms. The van der Waals surface area contributed by atoms with Crippen molar-refractivity contribution in [2.75, 3.05) is 6.61 Å². The van der Waals surface area contributed by atoms with Crippen LogP contribution < -0.4 is 5.32 Å². The average Bonchev–Trinajstić information content (AvgIpc) is 3.42. The number of esters is 1. The Bertz CT molecular complexity index is 1100. The van der Waals surface area contributed by atoms with Gasteiger partial charge in [0.1, 0.15) is 11.3 Å². The van der Waals surface area contributed by atoms with E-state index in [1.165, 1.54) is 11.1 Å². The van der Waals surface area contributed by atoms with Crippen molar-refractivity contribution >= 4 is 28.6 Å². The third kappa shape index (κ3) is 5.02. The topological polar surface area (TPSA) is 85.6 Å². The van der Waals surface area contributed by atoms with Gasteiger partial charge in [-0.3, -0.25) is 14.4 Å². The van der Waals surface area contributed by atoms with Crippen molar-refractivity contribution in [1.29, 1.82) is 0 Å². The molecule has 1 heterocycles. The van der Waals surface area contributed by atoms with Crippen LogP contribution in [-0.4, -0.2) is 24.3 Å². The van der Waals surface area contributed by atoms with E-state index in [1.54, 1.807) is 6.92 Å². The largest absolute Gasteiger partial charge is 0.459 e. The Balaban J connectivity index is 1.21. The first-order valence-corrected chi connectivity index (χ1v) is 10.6. The summed E-state index contributed by atoms with van der Waals surface area (Å²) in [5.74, 6) is -0.456. The number of fused-ring (bicyclic) bond motifs is 2. The number of furan rings is 1. The van der Waals surface area contributed by atoms with Crippen LogP contribution in [0.4, 0.5) is 0 Å². The molecule has 6 nitrogen and oxygen atoms in total.